The molecule has 0 amide bonds. The highest BCUT2D eigenvalue weighted by atomic mass is 32.2. The van der Waals surface area contributed by atoms with Gasteiger partial charge in [0.2, 0.25) is 0 Å². The summed E-state index contributed by atoms with van der Waals surface area (Å²) >= 11 is 1.92. The summed E-state index contributed by atoms with van der Waals surface area (Å²) in [4.78, 5) is 27.3. The number of hydrogen-bond donors (Lipinski definition) is 0. The molecule has 0 radical (unpaired) electrons. The molecule has 4 aliphatic rings. The fourth-order valence-corrected chi connectivity index (χ4v) is 6.31. The molecule has 2 atom stereocenters. The highest BCUT2D eigenvalue weighted by Crippen LogP contribution is 2.45. The quantitative estimate of drug-likeness (QED) is 0.530. The van der Waals surface area contributed by atoms with E-state index >= 15 is 0 Å². The van der Waals surface area contributed by atoms with Gasteiger partial charge in [0.15, 0.2) is 0 Å². The van der Waals surface area contributed by atoms with Crippen molar-refractivity contribution in [2.24, 2.45) is 5.92 Å². The monoisotopic (exact) mass is 429 g/mol. The molecule has 1 aromatic carbocycles. The molecule has 1 aliphatic carbocycles. The van der Waals surface area contributed by atoms with Gasteiger partial charge in [-0.15, -0.1) is 11.8 Å². The smallest absolute Gasteiger partial charge is 0.400 e. The van der Waals surface area contributed by atoms with E-state index in [0.29, 0.717) is 31.0 Å². The van der Waals surface area contributed by atoms with Crippen molar-refractivity contribution in [2.75, 3.05) is 18.8 Å². The molecule has 1 aromatic rings. The van der Waals surface area contributed by atoms with Gasteiger partial charge in [0.25, 0.3) is 0 Å². The van der Waals surface area contributed by atoms with E-state index in [2.05, 4.69) is 12.2 Å². The summed E-state index contributed by atoms with van der Waals surface area (Å²) in [5, 5.41) is 0. The molecule has 30 heavy (non-hydrogen) atoms. The molecule has 0 N–H and O–H groups in total. The van der Waals surface area contributed by atoms with Crippen molar-refractivity contribution >= 4 is 23.7 Å². The third kappa shape index (κ3) is 3.48. The first-order valence-electron chi connectivity index (χ1n) is 10.5. The Morgan fingerprint density at radius 2 is 2.00 bits per heavy atom. The van der Waals surface area contributed by atoms with E-state index in [0.717, 1.165) is 25.0 Å². The summed E-state index contributed by atoms with van der Waals surface area (Å²) in [6.07, 6.45) is 8.47. The van der Waals surface area contributed by atoms with Crippen molar-refractivity contribution in [3.63, 3.8) is 0 Å². The number of likely N-dealkylation sites (tertiary alicyclic amines) is 1. The fourth-order valence-electron chi connectivity index (χ4n) is 5.12. The Bertz CT molecular complexity index is 927. The molecule has 3 heterocycles. The van der Waals surface area contributed by atoms with Gasteiger partial charge in [0, 0.05) is 30.2 Å². The molecular formula is C23H24FNO4S. The normalized spacial score (nSPS) is 28.0. The van der Waals surface area contributed by atoms with Crippen LogP contribution in [0.4, 0.5) is 4.39 Å². The summed E-state index contributed by atoms with van der Waals surface area (Å²) in [5.41, 5.74) is 2.10. The second-order valence-electron chi connectivity index (χ2n) is 8.30. The minimum Gasteiger partial charge on any atom is -0.400 e. The van der Waals surface area contributed by atoms with E-state index in [9.17, 15) is 14.0 Å². The number of esters is 2. The largest absolute Gasteiger partial charge is 0.421 e. The van der Waals surface area contributed by atoms with Crippen LogP contribution in [0.25, 0.3) is 0 Å². The molecule has 1 spiro atoms. The Kier molecular flexibility index (Phi) is 5.19. The van der Waals surface area contributed by atoms with Gasteiger partial charge in [0.05, 0.1) is 0 Å². The van der Waals surface area contributed by atoms with Gasteiger partial charge in [-0.05, 0) is 49.1 Å². The Morgan fingerprint density at radius 1 is 1.20 bits per heavy atom. The summed E-state index contributed by atoms with van der Waals surface area (Å²) in [6.45, 7) is 1.23. The maximum absolute atomic E-state index is 14.4. The lowest BCUT2D eigenvalue weighted by molar-refractivity contribution is -0.267. The summed E-state index contributed by atoms with van der Waals surface area (Å²) in [7, 11) is 0. The molecule has 0 bridgehead atoms. The lowest BCUT2D eigenvalue weighted by Crippen LogP contribution is -2.55. The first kappa shape index (κ1) is 19.8. The van der Waals surface area contributed by atoms with Crippen LogP contribution < -0.4 is 0 Å². The number of halogens is 1. The first-order valence-corrected chi connectivity index (χ1v) is 11.5. The van der Waals surface area contributed by atoms with E-state index in [1.807, 2.05) is 16.7 Å². The molecular weight excluding hydrogens is 405 g/mol. The number of ether oxygens (including phenoxy) is 2. The van der Waals surface area contributed by atoms with Crippen LogP contribution in [0.2, 0.25) is 0 Å². The number of carbonyl (C=O) groups is 2. The molecule has 2 unspecified atom stereocenters. The minimum atomic E-state index is -1.43. The highest BCUT2D eigenvalue weighted by molar-refractivity contribution is 8.03. The van der Waals surface area contributed by atoms with E-state index in [1.54, 1.807) is 18.2 Å². The standard InChI is InChI=1S/C23H24FNO4S/c24-19-6-2-1-5-17(19)16-9-12-25(23(14-16)28-21(26)22(27)29-23)11-8-15-4-3-7-20-18(15)10-13-30-20/h1-3,5-7,15-16H,4,8-14H2. The first-order chi connectivity index (χ1) is 14.6. The van der Waals surface area contributed by atoms with Crippen LogP contribution in [-0.2, 0) is 19.1 Å². The zero-order valence-corrected chi connectivity index (χ0v) is 17.5. The third-order valence-electron chi connectivity index (χ3n) is 6.63. The number of benzene rings is 1. The molecule has 158 valence electrons. The van der Waals surface area contributed by atoms with Gasteiger partial charge in [-0.25, -0.2) is 18.9 Å². The van der Waals surface area contributed by atoms with E-state index < -0.39 is 17.8 Å². The summed E-state index contributed by atoms with van der Waals surface area (Å²) < 4.78 is 25.4. The molecule has 3 aliphatic heterocycles. The molecule has 0 saturated carbocycles. The number of carbonyl (C=O) groups excluding carboxylic acids is 2. The molecule has 2 fully saturated rings. The Morgan fingerprint density at radius 3 is 2.80 bits per heavy atom. The van der Waals surface area contributed by atoms with Gasteiger partial charge in [-0.2, -0.15) is 0 Å². The third-order valence-corrected chi connectivity index (χ3v) is 7.74. The Labute approximate surface area is 179 Å². The van der Waals surface area contributed by atoms with Crippen molar-refractivity contribution in [3.05, 3.63) is 58.3 Å². The van der Waals surface area contributed by atoms with Gasteiger partial charge >= 0.3 is 17.8 Å². The topological polar surface area (TPSA) is 55.8 Å². The average molecular weight is 430 g/mol. The Hall–Kier alpha value is -2.12. The SMILES string of the molecule is O=C1OC2(CC(c3ccccc3F)CCN2CCC2CC=CC3=C2CCS3)OC1=O. The fraction of sp³-hybridized carbons (Fsp3) is 0.478. The second kappa shape index (κ2) is 7.85. The number of hydrogen-bond acceptors (Lipinski definition) is 6. The van der Waals surface area contributed by atoms with Crippen LogP contribution in [0.5, 0.6) is 0 Å². The van der Waals surface area contributed by atoms with Gasteiger partial charge in [-0.3, -0.25) is 0 Å². The van der Waals surface area contributed by atoms with Crippen LogP contribution in [0.15, 0.2) is 46.9 Å². The van der Waals surface area contributed by atoms with Crippen molar-refractivity contribution < 1.29 is 23.5 Å². The maximum atomic E-state index is 14.4. The number of thioether (sulfide) groups is 1. The lowest BCUT2D eigenvalue weighted by Gasteiger charge is -2.44. The summed E-state index contributed by atoms with van der Waals surface area (Å²) in [5.74, 6) is -2.22. The lowest BCUT2D eigenvalue weighted by atomic mass is 9.85. The van der Waals surface area contributed by atoms with E-state index in [-0.39, 0.29) is 18.2 Å². The molecule has 7 heteroatoms. The van der Waals surface area contributed by atoms with Crippen LogP contribution in [0.1, 0.15) is 43.6 Å². The predicted octanol–water partition coefficient (Wildman–Crippen LogP) is 4.12. The number of allylic oxidation sites excluding steroid dienone is 3. The molecule has 0 aromatic heterocycles. The van der Waals surface area contributed by atoms with Crippen LogP contribution >= 0.6 is 11.8 Å². The predicted molar refractivity (Wildman–Crippen MR) is 111 cm³/mol. The molecule has 2 saturated heterocycles. The van der Waals surface area contributed by atoms with E-state index in [1.165, 1.54) is 16.5 Å². The minimum absolute atomic E-state index is 0.181. The Balaban J connectivity index is 1.34. The van der Waals surface area contributed by atoms with Crippen LogP contribution in [0.3, 0.4) is 0 Å². The highest BCUT2D eigenvalue weighted by Gasteiger charge is 2.56. The van der Waals surface area contributed by atoms with Crippen LogP contribution in [0, 0.1) is 11.7 Å². The van der Waals surface area contributed by atoms with Crippen molar-refractivity contribution in [3.8, 4) is 0 Å². The number of piperidine rings is 1. The van der Waals surface area contributed by atoms with Crippen molar-refractivity contribution in [1.82, 2.24) is 4.90 Å². The maximum Gasteiger partial charge on any atom is 0.421 e. The number of rotatable bonds is 4. The van der Waals surface area contributed by atoms with Gasteiger partial charge < -0.3 is 9.47 Å². The zero-order chi connectivity index (χ0) is 20.7. The van der Waals surface area contributed by atoms with Crippen molar-refractivity contribution in [1.29, 1.82) is 0 Å². The van der Waals surface area contributed by atoms with Crippen molar-refractivity contribution in [2.45, 2.75) is 43.9 Å². The molecule has 5 nitrogen and oxygen atoms in total. The summed E-state index contributed by atoms with van der Waals surface area (Å²) in [6, 6.07) is 6.64. The van der Waals surface area contributed by atoms with Gasteiger partial charge in [-0.1, -0.05) is 35.9 Å². The zero-order valence-electron chi connectivity index (χ0n) is 16.6. The van der Waals surface area contributed by atoms with Gasteiger partial charge in [0.1, 0.15) is 5.82 Å². The van der Waals surface area contributed by atoms with Crippen LogP contribution in [-0.4, -0.2) is 41.6 Å². The molecule has 5 rings (SSSR count). The number of nitrogens with zero attached hydrogens (tertiary/aromatic N) is 1. The second-order valence-corrected chi connectivity index (χ2v) is 9.44. The average Bonchev–Trinajstić information content (AvgIpc) is 3.32. The van der Waals surface area contributed by atoms with E-state index in [4.69, 9.17) is 9.47 Å².